The van der Waals surface area contributed by atoms with Gasteiger partial charge in [0.1, 0.15) is 0 Å². The summed E-state index contributed by atoms with van der Waals surface area (Å²) in [7, 11) is -3.71. The molecule has 2 rings (SSSR count). The zero-order valence-corrected chi connectivity index (χ0v) is 10.7. The quantitative estimate of drug-likeness (QED) is 0.659. The van der Waals surface area contributed by atoms with Crippen molar-refractivity contribution in [1.82, 2.24) is 4.72 Å². The number of benzene rings is 1. The molecule has 1 aromatic carbocycles. The lowest BCUT2D eigenvalue weighted by Gasteiger charge is -2.06. The number of amidine groups is 1. The molecule has 0 aromatic heterocycles. The Bertz CT molecular complexity index is 595. The molecule has 1 heterocycles. The summed E-state index contributed by atoms with van der Waals surface area (Å²) in [5.74, 6) is 0.748. The van der Waals surface area contributed by atoms with E-state index in [1.807, 2.05) is 0 Å². The Labute approximate surface area is 108 Å². The molecule has 1 N–H and O–H groups in total. The van der Waals surface area contributed by atoms with Crippen LogP contribution in [0.4, 0.5) is 5.69 Å². The lowest BCUT2D eigenvalue weighted by molar-refractivity contribution is -0.384. The lowest BCUT2D eigenvalue weighted by Crippen LogP contribution is -2.27. The minimum atomic E-state index is -3.71. The maximum absolute atomic E-state index is 11.9. The minimum Gasteiger partial charge on any atom is -0.261 e. The molecule has 0 bridgehead atoms. The van der Waals surface area contributed by atoms with Gasteiger partial charge in [0.15, 0.2) is 5.17 Å². The van der Waals surface area contributed by atoms with Crippen LogP contribution in [-0.2, 0) is 10.0 Å². The van der Waals surface area contributed by atoms with E-state index in [2.05, 4.69) is 9.71 Å². The second-order valence-electron chi connectivity index (χ2n) is 3.39. The SMILES string of the molecule is O=[N+]([O-])c1ccc(S(=O)(=O)NC2=NCCS2)cc1. The zero-order chi connectivity index (χ0) is 13.2. The van der Waals surface area contributed by atoms with Crippen LogP contribution < -0.4 is 4.72 Å². The number of nitrogens with one attached hydrogen (secondary N) is 1. The summed E-state index contributed by atoms with van der Waals surface area (Å²) in [6.45, 7) is 0.586. The molecule has 0 spiro atoms. The molecule has 0 fully saturated rings. The van der Waals surface area contributed by atoms with E-state index >= 15 is 0 Å². The van der Waals surface area contributed by atoms with Gasteiger partial charge in [0.2, 0.25) is 0 Å². The average molecular weight is 287 g/mol. The number of nitrogens with zero attached hydrogens (tertiary/aromatic N) is 2. The molecular weight excluding hydrogens is 278 g/mol. The van der Waals surface area contributed by atoms with Gasteiger partial charge in [-0.3, -0.25) is 19.8 Å². The van der Waals surface area contributed by atoms with Crippen molar-refractivity contribution in [2.24, 2.45) is 4.99 Å². The first kappa shape index (κ1) is 12.8. The number of hydrogen-bond donors (Lipinski definition) is 1. The van der Waals surface area contributed by atoms with Gasteiger partial charge in [-0.25, -0.2) is 8.42 Å². The van der Waals surface area contributed by atoms with E-state index in [1.165, 1.54) is 23.9 Å². The van der Waals surface area contributed by atoms with Crippen LogP contribution in [0.2, 0.25) is 0 Å². The topological polar surface area (TPSA) is 102 Å². The molecule has 1 aliphatic rings. The van der Waals surface area contributed by atoms with Crippen LogP contribution in [0.5, 0.6) is 0 Å². The van der Waals surface area contributed by atoms with E-state index in [-0.39, 0.29) is 10.6 Å². The monoisotopic (exact) mass is 287 g/mol. The first-order valence-corrected chi connectivity index (χ1v) is 7.40. The van der Waals surface area contributed by atoms with E-state index < -0.39 is 14.9 Å². The molecule has 0 saturated carbocycles. The highest BCUT2D eigenvalue weighted by molar-refractivity contribution is 8.15. The van der Waals surface area contributed by atoms with E-state index in [0.717, 1.165) is 17.9 Å². The Hall–Kier alpha value is -1.61. The summed E-state index contributed by atoms with van der Waals surface area (Å²) in [5, 5.41) is 10.8. The second kappa shape index (κ2) is 4.94. The highest BCUT2D eigenvalue weighted by Gasteiger charge is 2.19. The predicted molar refractivity (Wildman–Crippen MR) is 68.2 cm³/mol. The smallest absolute Gasteiger partial charge is 0.261 e. The molecule has 1 aromatic rings. The maximum Gasteiger partial charge on any atom is 0.269 e. The summed E-state index contributed by atoms with van der Waals surface area (Å²) in [4.78, 5) is 13.8. The number of hydrogen-bond acceptors (Lipinski definition) is 6. The van der Waals surface area contributed by atoms with Crippen molar-refractivity contribution in [3.8, 4) is 0 Å². The largest absolute Gasteiger partial charge is 0.269 e. The van der Waals surface area contributed by atoms with Crippen molar-refractivity contribution in [3.63, 3.8) is 0 Å². The van der Waals surface area contributed by atoms with Crippen LogP contribution in [0.3, 0.4) is 0 Å². The van der Waals surface area contributed by atoms with Gasteiger partial charge in [0, 0.05) is 17.9 Å². The van der Waals surface area contributed by atoms with Crippen LogP contribution >= 0.6 is 11.8 Å². The minimum absolute atomic E-state index is 0.0247. The van der Waals surface area contributed by atoms with Crippen molar-refractivity contribution in [1.29, 1.82) is 0 Å². The second-order valence-corrected chi connectivity index (χ2v) is 6.16. The third-order valence-corrected chi connectivity index (χ3v) is 4.54. The molecule has 96 valence electrons. The van der Waals surface area contributed by atoms with Gasteiger partial charge in [-0.1, -0.05) is 11.8 Å². The molecule has 0 amide bonds. The Morgan fingerprint density at radius 2 is 2.00 bits per heavy atom. The summed E-state index contributed by atoms with van der Waals surface area (Å²) >= 11 is 1.32. The van der Waals surface area contributed by atoms with E-state index in [0.29, 0.717) is 11.7 Å². The molecule has 0 radical (unpaired) electrons. The fourth-order valence-electron chi connectivity index (χ4n) is 1.32. The van der Waals surface area contributed by atoms with E-state index in [1.54, 1.807) is 0 Å². The highest BCUT2D eigenvalue weighted by Crippen LogP contribution is 2.17. The van der Waals surface area contributed by atoms with Gasteiger partial charge in [0.05, 0.1) is 16.4 Å². The van der Waals surface area contributed by atoms with Crippen LogP contribution in [0.1, 0.15) is 0 Å². The molecule has 1 aliphatic heterocycles. The van der Waals surface area contributed by atoms with E-state index in [9.17, 15) is 18.5 Å². The molecule has 0 atom stereocenters. The summed E-state index contributed by atoms with van der Waals surface area (Å²) in [6, 6.07) is 4.69. The standard InChI is InChI=1S/C9H9N3O4S2/c13-12(14)7-1-3-8(4-2-7)18(15,16)11-9-10-5-6-17-9/h1-4H,5-6H2,(H,10,11). The van der Waals surface area contributed by atoms with Gasteiger partial charge in [-0.05, 0) is 12.1 Å². The molecule has 9 heteroatoms. The Kier molecular flexibility index (Phi) is 3.53. The summed E-state index contributed by atoms with van der Waals surface area (Å²) in [5.41, 5.74) is -0.151. The van der Waals surface area contributed by atoms with Crippen LogP contribution in [0.15, 0.2) is 34.2 Å². The summed E-state index contributed by atoms with van der Waals surface area (Å²) < 4.78 is 26.1. The lowest BCUT2D eigenvalue weighted by atomic mass is 10.3. The third kappa shape index (κ3) is 2.79. The first-order valence-electron chi connectivity index (χ1n) is 4.93. The van der Waals surface area contributed by atoms with Crippen LogP contribution in [-0.4, -0.2) is 30.8 Å². The number of aliphatic imine (C=N–C) groups is 1. The number of nitro groups is 1. The Morgan fingerprint density at radius 1 is 1.33 bits per heavy atom. The normalized spacial score (nSPS) is 15.2. The molecule has 18 heavy (non-hydrogen) atoms. The number of sulfonamides is 1. The summed E-state index contributed by atoms with van der Waals surface area (Å²) in [6.07, 6.45) is 0. The fraction of sp³-hybridized carbons (Fsp3) is 0.222. The van der Waals surface area contributed by atoms with Gasteiger partial charge < -0.3 is 0 Å². The molecular formula is C9H9N3O4S2. The van der Waals surface area contributed by atoms with Crippen LogP contribution in [0.25, 0.3) is 0 Å². The fourth-order valence-corrected chi connectivity index (χ4v) is 3.35. The maximum atomic E-state index is 11.9. The van der Waals surface area contributed by atoms with Gasteiger partial charge >= 0.3 is 0 Å². The predicted octanol–water partition coefficient (Wildman–Crippen LogP) is 0.976. The Morgan fingerprint density at radius 3 is 2.50 bits per heavy atom. The zero-order valence-electron chi connectivity index (χ0n) is 9.07. The van der Waals surface area contributed by atoms with Crippen molar-refractivity contribution >= 4 is 32.6 Å². The highest BCUT2D eigenvalue weighted by atomic mass is 32.2. The van der Waals surface area contributed by atoms with Crippen molar-refractivity contribution in [2.75, 3.05) is 12.3 Å². The first-order chi connectivity index (χ1) is 8.49. The van der Waals surface area contributed by atoms with Gasteiger partial charge in [-0.2, -0.15) is 0 Å². The van der Waals surface area contributed by atoms with Gasteiger partial charge in [0.25, 0.3) is 15.7 Å². The number of thioether (sulfide) groups is 1. The number of non-ortho nitro benzene ring substituents is 1. The van der Waals surface area contributed by atoms with Gasteiger partial charge in [-0.15, -0.1) is 0 Å². The van der Waals surface area contributed by atoms with Crippen molar-refractivity contribution in [3.05, 3.63) is 34.4 Å². The molecule has 0 unspecified atom stereocenters. The number of nitro benzene ring substituents is 1. The van der Waals surface area contributed by atoms with Crippen molar-refractivity contribution in [2.45, 2.75) is 4.90 Å². The molecule has 0 aliphatic carbocycles. The number of rotatable bonds is 3. The molecule has 7 nitrogen and oxygen atoms in total. The van der Waals surface area contributed by atoms with Crippen LogP contribution in [0, 0.1) is 10.1 Å². The third-order valence-electron chi connectivity index (χ3n) is 2.16. The average Bonchev–Trinajstić information content (AvgIpc) is 2.81. The van der Waals surface area contributed by atoms with Crippen molar-refractivity contribution < 1.29 is 13.3 Å². The Balaban J connectivity index is 2.21. The molecule has 0 saturated heterocycles. The van der Waals surface area contributed by atoms with E-state index in [4.69, 9.17) is 0 Å².